The molecule has 2 heterocycles. The predicted molar refractivity (Wildman–Crippen MR) is 103 cm³/mol. The molecule has 0 unspecified atom stereocenters. The molecule has 1 aromatic heterocycles. The Balaban J connectivity index is 1.77. The first-order chi connectivity index (χ1) is 12.1. The number of anilines is 1. The maximum Gasteiger partial charge on any atom is 0.191 e. The molecule has 1 aromatic rings. The van der Waals surface area contributed by atoms with Crippen molar-refractivity contribution < 1.29 is 4.74 Å². The highest BCUT2D eigenvalue weighted by Crippen LogP contribution is 2.10. The Morgan fingerprint density at radius 1 is 1.36 bits per heavy atom. The molecule has 7 heteroatoms. The Morgan fingerprint density at radius 3 is 2.76 bits per heavy atom. The minimum atomic E-state index is 0.464. The normalized spacial score (nSPS) is 16.7. The van der Waals surface area contributed by atoms with Crippen molar-refractivity contribution in [1.29, 1.82) is 0 Å². The second kappa shape index (κ2) is 10.2. The number of pyridine rings is 1. The van der Waals surface area contributed by atoms with Crippen LogP contribution in [0.25, 0.3) is 0 Å². The molecular weight excluding hydrogens is 316 g/mol. The van der Waals surface area contributed by atoms with Crippen LogP contribution >= 0.6 is 0 Å². The number of piperidine rings is 1. The molecule has 140 valence electrons. The highest BCUT2D eigenvalue weighted by Gasteiger charge is 2.19. The van der Waals surface area contributed by atoms with Crippen molar-refractivity contribution in [3.05, 3.63) is 23.9 Å². The number of hydrogen-bond acceptors (Lipinski definition) is 5. The molecule has 1 saturated heterocycles. The van der Waals surface area contributed by atoms with E-state index in [0.29, 0.717) is 12.6 Å². The third-order valence-electron chi connectivity index (χ3n) is 4.45. The number of methoxy groups -OCH3 is 1. The summed E-state index contributed by atoms with van der Waals surface area (Å²) in [6, 6.07) is 6.53. The minimum absolute atomic E-state index is 0.464. The Hall–Kier alpha value is -1.86. The van der Waals surface area contributed by atoms with Crippen LogP contribution in [0.2, 0.25) is 0 Å². The van der Waals surface area contributed by atoms with Crippen LogP contribution in [0.5, 0.6) is 0 Å². The maximum absolute atomic E-state index is 5.16. The van der Waals surface area contributed by atoms with E-state index < -0.39 is 0 Å². The molecule has 7 nitrogen and oxygen atoms in total. The summed E-state index contributed by atoms with van der Waals surface area (Å²) in [5.41, 5.74) is 1.00. The molecule has 1 aliphatic rings. The first kappa shape index (κ1) is 19.5. The number of rotatable bonds is 7. The van der Waals surface area contributed by atoms with Gasteiger partial charge in [-0.05, 0) is 25.0 Å². The summed E-state index contributed by atoms with van der Waals surface area (Å²) in [5, 5.41) is 6.90. The Labute approximate surface area is 151 Å². The van der Waals surface area contributed by atoms with E-state index in [1.54, 1.807) is 7.11 Å². The zero-order chi connectivity index (χ0) is 18.1. The Morgan fingerprint density at radius 2 is 2.12 bits per heavy atom. The van der Waals surface area contributed by atoms with E-state index >= 15 is 0 Å². The summed E-state index contributed by atoms with van der Waals surface area (Å²) in [7, 11) is 7.57. The summed E-state index contributed by atoms with van der Waals surface area (Å²) in [4.78, 5) is 13.4. The molecule has 0 saturated carbocycles. The van der Waals surface area contributed by atoms with Crippen LogP contribution in [0.15, 0.2) is 23.2 Å². The average Bonchev–Trinajstić information content (AvgIpc) is 2.64. The summed E-state index contributed by atoms with van der Waals surface area (Å²) >= 11 is 0. The van der Waals surface area contributed by atoms with Crippen molar-refractivity contribution in [2.45, 2.75) is 25.4 Å². The number of likely N-dealkylation sites (tertiary alicyclic amines) is 1. The second-order valence-corrected chi connectivity index (χ2v) is 6.56. The standard InChI is InChI=1S/C18H32N6O/c1-19-18(20-14-16-6-5-7-17(21-16)23(2)3)22-15-8-10-24(11-9-15)12-13-25-4/h5-7,15H,8-14H2,1-4H3,(H2,19,20,22). The van der Waals surface area contributed by atoms with Gasteiger partial charge in [0.15, 0.2) is 5.96 Å². The van der Waals surface area contributed by atoms with Gasteiger partial charge in [0.05, 0.1) is 18.8 Å². The monoisotopic (exact) mass is 348 g/mol. The molecule has 0 atom stereocenters. The van der Waals surface area contributed by atoms with Crippen LogP contribution in [0.4, 0.5) is 5.82 Å². The number of aliphatic imine (C=N–C) groups is 1. The number of nitrogens with zero attached hydrogens (tertiary/aromatic N) is 4. The molecule has 1 fully saturated rings. The molecular formula is C18H32N6O. The molecule has 0 amide bonds. The molecule has 1 aliphatic heterocycles. The van der Waals surface area contributed by atoms with Gasteiger partial charge in [-0.15, -0.1) is 0 Å². The highest BCUT2D eigenvalue weighted by molar-refractivity contribution is 5.79. The van der Waals surface area contributed by atoms with Crippen molar-refractivity contribution >= 4 is 11.8 Å². The second-order valence-electron chi connectivity index (χ2n) is 6.56. The predicted octanol–water partition coefficient (Wildman–Crippen LogP) is 0.923. The fraction of sp³-hybridized carbons (Fsp3) is 0.667. The van der Waals surface area contributed by atoms with Crippen LogP contribution in [0.1, 0.15) is 18.5 Å². The van der Waals surface area contributed by atoms with Crippen molar-refractivity contribution in [2.24, 2.45) is 4.99 Å². The number of hydrogen-bond donors (Lipinski definition) is 2. The smallest absolute Gasteiger partial charge is 0.191 e. The topological polar surface area (TPSA) is 65.0 Å². The van der Waals surface area contributed by atoms with E-state index in [2.05, 4.69) is 25.5 Å². The van der Waals surface area contributed by atoms with Gasteiger partial charge in [-0.3, -0.25) is 4.99 Å². The van der Waals surface area contributed by atoms with Crippen molar-refractivity contribution in [1.82, 2.24) is 20.5 Å². The maximum atomic E-state index is 5.16. The van der Waals surface area contributed by atoms with Gasteiger partial charge in [0.2, 0.25) is 0 Å². The van der Waals surface area contributed by atoms with E-state index in [1.807, 2.05) is 44.2 Å². The van der Waals surface area contributed by atoms with Gasteiger partial charge in [-0.25, -0.2) is 4.98 Å². The number of guanidine groups is 1. The largest absolute Gasteiger partial charge is 0.383 e. The van der Waals surface area contributed by atoms with Gasteiger partial charge in [-0.1, -0.05) is 6.07 Å². The van der Waals surface area contributed by atoms with Crippen LogP contribution in [0, 0.1) is 0 Å². The van der Waals surface area contributed by atoms with Gasteiger partial charge < -0.3 is 25.2 Å². The average molecular weight is 348 g/mol. The first-order valence-electron chi connectivity index (χ1n) is 8.94. The quantitative estimate of drug-likeness (QED) is 0.564. The molecule has 0 radical (unpaired) electrons. The van der Waals surface area contributed by atoms with E-state index in [4.69, 9.17) is 4.74 Å². The molecule has 0 spiro atoms. The summed E-state index contributed by atoms with van der Waals surface area (Å²) in [5.74, 6) is 1.80. The summed E-state index contributed by atoms with van der Waals surface area (Å²) in [6.45, 7) is 4.69. The summed E-state index contributed by atoms with van der Waals surface area (Å²) in [6.07, 6.45) is 2.25. The van der Waals surface area contributed by atoms with Crippen molar-refractivity contribution in [3.63, 3.8) is 0 Å². The van der Waals surface area contributed by atoms with Crippen LogP contribution in [-0.2, 0) is 11.3 Å². The van der Waals surface area contributed by atoms with Gasteiger partial charge in [-0.2, -0.15) is 0 Å². The van der Waals surface area contributed by atoms with Gasteiger partial charge in [0, 0.05) is 53.9 Å². The van der Waals surface area contributed by atoms with Crippen molar-refractivity contribution in [2.75, 3.05) is 59.4 Å². The SMILES string of the molecule is CN=C(NCc1cccc(N(C)C)n1)NC1CCN(CCOC)CC1. The molecule has 2 N–H and O–H groups in total. The molecule has 0 aliphatic carbocycles. The van der Waals surface area contributed by atoms with E-state index in [9.17, 15) is 0 Å². The zero-order valence-electron chi connectivity index (χ0n) is 16.0. The number of aromatic nitrogens is 1. The van der Waals surface area contributed by atoms with Crippen LogP contribution < -0.4 is 15.5 Å². The van der Waals surface area contributed by atoms with E-state index in [-0.39, 0.29) is 0 Å². The Kier molecular flexibility index (Phi) is 7.94. The van der Waals surface area contributed by atoms with Gasteiger partial charge >= 0.3 is 0 Å². The fourth-order valence-electron chi connectivity index (χ4n) is 2.90. The lowest BCUT2D eigenvalue weighted by Gasteiger charge is -2.32. The van der Waals surface area contributed by atoms with Gasteiger partial charge in [0.1, 0.15) is 5.82 Å². The third-order valence-corrected chi connectivity index (χ3v) is 4.45. The Bertz CT molecular complexity index is 540. The number of ether oxygens (including phenoxy) is 1. The molecule has 0 aromatic carbocycles. The molecule has 0 bridgehead atoms. The van der Waals surface area contributed by atoms with Crippen LogP contribution in [-0.4, -0.2) is 76.4 Å². The lowest BCUT2D eigenvalue weighted by atomic mass is 10.1. The van der Waals surface area contributed by atoms with Crippen molar-refractivity contribution in [3.8, 4) is 0 Å². The van der Waals surface area contributed by atoms with E-state index in [1.165, 1.54) is 0 Å². The minimum Gasteiger partial charge on any atom is -0.383 e. The third kappa shape index (κ3) is 6.51. The first-order valence-corrected chi connectivity index (χ1v) is 8.94. The van der Waals surface area contributed by atoms with Gasteiger partial charge in [0.25, 0.3) is 0 Å². The zero-order valence-corrected chi connectivity index (χ0v) is 16.0. The lowest BCUT2D eigenvalue weighted by Crippen LogP contribution is -2.48. The molecule has 25 heavy (non-hydrogen) atoms. The molecule has 2 rings (SSSR count). The fourth-order valence-corrected chi connectivity index (χ4v) is 2.90. The lowest BCUT2D eigenvalue weighted by molar-refractivity contribution is 0.128. The summed E-state index contributed by atoms with van der Waals surface area (Å²) < 4.78 is 5.16. The highest BCUT2D eigenvalue weighted by atomic mass is 16.5. The van der Waals surface area contributed by atoms with Crippen LogP contribution in [0.3, 0.4) is 0 Å². The van der Waals surface area contributed by atoms with E-state index in [0.717, 1.165) is 56.6 Å². The number of nitrogens with one attached hydrogen (secondary N) is 2.